The second-order valence-corrected chi connectivity index (χ2v) is 4.19. The van der Waals surface area contributed by atoms with Gasteiger partial charge in [0.15, 0.2) is 0 Å². The summed E-state index contributed by atoms with van der Waals surface area (Å²) in [4.78, 5) is 4.11. The van der Waals surface area contributed by atoms with Crippen LogP contribution in [0.5, 0.6) is 5.75 Å². The Morgan fingerprint density at radius 1 is 1.50 bits per heavy atom. The number of phenolic OH excluding ortho intramolecular Hbond substituents is 1. The molecule has 1 aromatic heterocycles. The molecule has 0 atom stereocenters. The largest absolute Gasteiger partial charge is 0.506 e. The quantitative estimate of drug-likeness (QED) is 0.880. The number of nitrogens with zero attached hydrogens (tertiary/aromatic N) is 2. The molecule has 0 aliphatic carbocycles. The number of rotatable bonds is 2. The molecule has 1 heterocycles. The Hall–Kier alpha value is -1.40. The van der Waals surface area contributed by atoms with Crippen molar-refractivity contribution in [1.82, 2.24) is 10.1 Å². The predicted octanol–water partition coefficient (Wildman–Crippen LogP) is 1.97. The van der Waals surface area contributed by atoms with Crippen LogP contribution in [-0.2, 0) is 6.54 Å². The van der Waals surface area contributed by atoms with Gasteiger partial charge in [-0.3, -0.25) is 0 Å². The maximum absolute atomic E-state index is 9.60. The van der Waals surface area contributed by atoms with Gasteiger partial charge in [-0.15, -0.1) is 0 Å². The maximum Gasteiger partial charge on any atom is 0.240 e. The minimum Gasteiger partial charge on any atom is -0.506 e. The van der Waals surface area contributed by atoms with Gasteiger partial charge in [0.25, 0.3) is 0 Å². The van der Waals surface area contributed by atoms with Crippen molar-refractivity contribution in [3.63, 3.8) is 0 Å². The summed E-state index contributed by atoms with van der Waals surface area (Å²) in [5.41, 5.74) is 6.89. The molecule has 2 aromatic rings. The van der Waals surface area contributed by atoms with Gasteiger partial charge in [-0.05, 0) is 40.5 Å². The first kappa shape index (κ1) is 11.1. The molecule has 0 aliphatic rings. The summed E-state index contributed by atoms with van der Waals surface area (Å²) >= 11 is 3.26. The average Bonchev–Trinajstić information content (AvgIpc) is 2.73. The van der Waals surface area contributed by atoms with Crippen LogP contribution in [0.2, 0.25) is 0 Å². The minimum atomic E-state index is 0.214. The van der Waals surface area contributed by atoms with E-state index in [0.29, 0.717) is 16.2 Å². The van der Waals surface area contributed by atoms with E-state index in [1.165, 1.54) is 0 Å². The van der Waals surface area contributed by atoms with E-state index in [2.05, 4.69) is 26.1 Å². The van der Waals surface area contributed by atoms with Crippen molar-refractivity contribution >= 4 is 15.9 Å². The Balaban J connectivity index is 2.48. The first-order chi connectivity index (χ1) is 7.61. The molecule has 0 amide bonds. The highest BCUT2D eigenvalue weighted by Crippen LogP contribution is 2.32. The highest BCUT2D eigenvalue weighted by atomic mass is 79.9. The van der Waals surface area contributed by atoms with Crippen molar-refractivity contribution in [2.24, 2.45) is 5.73 Å². The van der Waals surface area contributed by atoms with E-state index in [9.17, 15) is 5.11 Å². The zero-order valence-corrected chi connectivity index (χ0v) is 10.2. The third-order valence-corrected chi connectivity index (χ3v) is 2.76. The molecule has 0 fully saturated rings. The van der Waals surface area contributed by atoms with Gasteiger partial charge in [-0.25, -0.2) is 0 Å². The second-order valence-electron chi connectivity index (χ2n) is 3.34. The van der Waals surface area contributed by atoms with Crippen LogP contribution in [0.4, 0.5) is 0 Å². The molecule has 0 unspecified atom stereocenters. The number of aromatic nitrogens is 2. The fourth-order valence-electron chi connectivity index (χ4n) is 1.32. The number of aryl methyl sites for hydroxylation is 1. The summed E-state index contributed by atoms with van der Waals surface area (Å²) in [6.07, 6.45) is 0. The van der Waals surface area contributed by atoms with Crippen LogP contribution < -0.4 is 5.73 Å². The minimum absolute atomic E-state index is 0.214. The monoisotopic (exact) mass is 283 g/mol. The Kier molecular flexibility index (Phi) is 2.93. The van der Waals surface area contributed by atoms with E-state index < -0.39 is 0 Å². The normalized spacial score (nSPS) is 10.7. The van der Waals surface area contributed by atoms with Gasteiger partial charge in [-0.2, -0.15) is 4.98 Å². The van der Waals surface area contributed by atoms with Crippen LogP contribution >= 0.6 is 15.9 Å². The molecule has 0 bridgehead atoms. The van der Waals surface area contributed by atoms with Crippen LogP contribution in [0.1, 0.15) is 11.5 Å². The van der Waals surface area contributed by atoms with Gasteiger partial charge in [0.2, 0.25) is 11.7 Å². The van der Waals surface area contributed by atoms with Crippen LogP contribution in [0.25, 0.3) is 11.4 Å². The number of aromatic hydroxyl groups is 1. The van der Waals surface area contributed by atoms with Gasteiger partial charge in [0.1, 0.15) is 5.75 Å². The summed E-state index contributed by atoms with van der Waals surface area (Å²) in [5, 5.41) is 13.4. The van der Waals surface area contributed by atoms with E-state index in [1.807, 2.05) is 0 Å². The molecule has 0 radical (unpaired) electrons. The Morgan fingerprint density at radius 2 is 2.25 bits per heavy atom. The van der Waals surface area contributed by atoms with Crippen molar-refractivity contribution in [1.29, 1.82) is 0 Å². The van der Waals surface area contributed by atoms with Gasteiger partial charge >= 0.3 is 0 Å². The summed E-state index contributed by atoms with van der Waals surface area (Å²) in [7, 11) is 0. The molecule has 0 saturated carbocycles. The highest BCUT2D eigenvalue weighted by Gasteiger charge is 2.11. The molecule has 0 saturated heterocycles. The molecule has 0 aliphatic heterocycles. The molecule has 3 N–H and O–H groups in total. The standard InChI is InChI=1S/C10H10BrN3O2/c1-5-2-6(3-7(11)9(5)15)10-13-8(4-12)16-14-10/h2-3,15H,4,12H2,1H3. The lowest BCUT2D eigenvalue weighted by Crippen LogP contribution is -1.95. The molecule has 84 valence electrons. The van der Waals surface area contributed by atoms with Gasteiger partial charge in [0.05, 0.1) is 11.0 Å². The van der Waals surface area contributed by atoms with Crippen molar-refractivity contribution in [3.05, 3.63) is 28.1 Å². The topological polar surface area (TPSA) is 85.2 Å². The van der Waals surface area contributed by atoms with E-state index in [1.54, 1.807) is 19.1 Å². The van der Waals surface area contributed by atoms with Crippen molar-refractivity contribution in [2.75, 3.05) is 0 Å². The Bertz CT molecular complexity index is 502. The first-order valence-electron chi connectivity index (χ1n) is 4.64. The van der Waals surface area contributed by atoms with E-state index in [-0.39, 0.29) is 12.3 Å². The fourth-order valence-corrected chi connectivity index (χ4v) is 1.88. The zero-order chi connectivity index (χ0) is 11.7. The Morgan fingerprint density at radius 3 is 2.81 bits per heavy atom. The van der Waals surface area contributed by atoms with Crippen LogP contribution in [0.15, 0.2) is 21.1 Å². The summed E-state index contributed by atoms with van der Waals surface area (Å²) in [5.74, 6) is 1.06. The van der Waals surface area contributed by atoms with Crippen LogP contribution in [0, 0.1) is 6.92 Å². The number of benzene rings is 1. The molecular formula is C10H10BrN3O2. The van der Waals surface area contributed by atoms with Crippen molar-refractivity contribution < 1.29 is 9.63 Å². The molecule has 6 heteroatoms. The smallest absolute Gasteiger partial charge is 0.240 e. The fraction of sp³-hybridized carbons (Fsp3) is 0.200. The third kappa shape index (κ3) is 1.94. The van der Waals surface area contributed by atoms with Crippen molar-refractivity contribution in [3.8, 4) is 17.1 Å². The summed E-state index contributed by atoms with van der Waals surface area (Å²) < 4.78 is 5.51. The van der Waals surface area contributed by atoms with Gasteiger partial charge < -0.3 is 15.4 Å². The van der Waals surface area contributed by atoms with Crippen LogP contribution in [0.3, 0.4) is 0 Å². The lowest BCUT2D eigenvalue weighted by Gasteiger charge is -2.03. The number of hydrogen-bond acceptors (Lipinski definition) is 5. The summed E-state index contributed by atoms with van der Waals surface area (Å²) in [6.45, 7) is 2.01. The van der Waals surface area contributed by atoms with E-state index in [0.717, 1.165) is 11.1 Å². The second kappa shape index (κ2) is 4.23. The molecule has 5 nitrogen and oxygen atoms in total. The summed E-state index contributed by atoms with van der Waals surface area (Å²) in [6, 6.07) is 3.51. The first-order valence-corrected chi connectivity index (χ1v) is 5.43. The number of nitrogens with two attached hydrogens (primary N) is 1. The van der Waals surface area contributed by atoms with E-state index >= 15 is 0 Å². The Labute approximate surface area is 100 Å². The SMILES string of the molecule is Cc1cc(-c2noc(CN)n2)cc(Br)c1O. The third-order valence-electron chi connectivity index (χ3n) is 2.15. The molecular weight excluding hydrogens is 274 g/mol. The number of halogens is 1. The van der Waals surface area contributed by atoms with Gasteiger partial charge in [0, 0.05) is 5.56 Å². The zero-order valence-electron chi connectivity index (χ0n) is 8.57. The predicted molar refractivity (Wildman–Crippen MR) is 61.7 cm³/mol. The number of phenols is 1. The lowest BCUT2D eigenvalue weighted by atomic mass is 10.1. The van der Waals surface area contributed by atoms with Gasteiger partial charge in [-0.1, -0.05) is 5.16 Å². The van der Waals surface area contributed by atoms with E-state index in [4.69, 9.17) is 10.3 Å². The maximum atomic E-state index is 9.60. The molecule has 2 rings (SSSR count). The average molecular weight is 284 g/mol. The highest BCUT2D eigenvalue weighted by molar-refractivity contribution is 9.10. The number of hydrogen-bond donors (Lipinski definition) is 2. The van der Waals surface area contributed by atoms with Crippen LogP contribution in [-0.4, -0.2) is 15.2 Å². The lowest BCUT2D eigenvalue weighted by molar-refractivity contribution is 0.380. The van der Waals surface area contributed by atoms with Crippen molar-refractivity contribution in [2.45, 2.75) is 13.5 Å². The molecule has 16 heavy (non-hydrogen) atoms. The molecule has 0 spiro atoms. The molecule has 1 aromatic carbocycles.